The van der Waals surface area contributed by atoms with Crippen LogP contribution in [0.1, 0.15) is 11.1 Å². The first-order valence-electron chi connectivity index (χ1n) is 12.8. The van der Waals surface area contributed by atoms with Crippen molar-refractivity contribution in [3.05, 3.63) is 118 Å². The number of hydrogen-bond donors (Lipinski definition) is 1. The normalized spacial score (nSPS) is 11.0. The standard InChI is InChI=1S/C31H25Cl2N5O3S/c1-40-27-16-7-22(17-28(27)41-19-21-5-3-2-4-6-21)18-34-35-29(39)20-42-31-37-36-30(23-8-10-24(32)11-9-23)38(31)26-14-12-25(33)13-15-26/h2-18H,19-20H2,1H3,(H,35,39)/b34-18-. The number of hydrogen-bond acceptors (Lipinski definition) is 7. The topological polar surface area (TPSA) is 90.6 Å². The molecule has 5 aromatic rings. The van der Waals surface area contributed by atoms with Gasteiger partial charge in [0.2, 0.25) is 0 Å². The molecule has 5 rings (SSSR count). The van der Waals surface area contributed by atoms with Crippen molar-refractivity contribution in [2.45, 2.75) is 11.8 Å². The summed E-state index contributed by atoms with van der Waals surface area (Å²) < 4.78 is 13.2. The molecule has 0 aliphatic heterocycles. The molecule has 42 heavy (non-hydrogen) atoms. The molecule has 0 fully saturated rings. The van der Waals surface area contributed by atoms with Gasteiger partial charge in [-0.1, -0.05) is 65.3 Å². The van der Waals surface area contributed by atoms with Gasteiger partial charge >= 0.3 is 0 Å². The number of ether oxygens (including phenoxy) is 2. The summed E-state index contributed by atoms with van der Waals surface area (Å²) in [5.41, 5.74) is 5.98. The van der Waals surface area contributed by atoms with Crippen molar-refractivity contribution in [3.63, 3.8) is 0 Å². The van der Waals surface area contributed by atoms with Crippen molar-refractivity contribution in [2.24, 2.45) is 5.10 Å². The molecule has 0 aliphatic rings. The predicted molar refractivity (Wildman–Crippen MR) is 167 cm³/mol. The molecule has 8 nitrogen and oxygen atoms in total. The average Bonchev–Trinajstić information content (AvgIpc) is 3.44. The smallest absolute Gasteiger partial charge is 0.250 e. The minimum absolute atomic E-state index is 0.0672. The number of thioether (sulfide) groups is 1. The second-order valence-electron chi connectivity index (χ2n) is 8.89. The van der Waals surface area contributed by atoms with E-state index in [0.29, 0.717) is 39.1 Å². The number of methoxy groups -OCH3 is 1. The van der Waals surface area contributed by atoms with E-state index in [4.69, 9.17) is 32.7 Å². The predicted octanol–water partition coefficient (Wildman–Crippen LogP) is 7.07. The van der Waals surface area contributed by atoms with Crippen LogP contribution < -0.4 is 14.9 Å². The molecule has 0 bridgehead atoms. The van der Waals surface area contributed by atoms with E-state index in [1.807, 2.05) is 65.2 Å². The Morgan fingerprint density at radius 1 is 0.929 bits per heavy atom. The highest BCUT2D eigenvalue weighted by Crippen LogP contribution is 2.30. The van der Waals surface area contributed by atoms with Crippen LogP contribution in [0.25, 0.3) is 17.1 Å². The minimum Gasteiger partial charge on any atom is -0.493 e. The van der Waals surface area contributed by atoms with Crippen molar-refractivity contribution in [2.75, 3.05) is 12.9 Å². The zero-order valence-corrected chi connectivity index (χ0v) is 24.7. The number of amides is 1. The molecule has 1 aromatic heterocycles. The summed E-state index contributed by atoms with van der Waals surface area (Å²) in [5, 5.41) is 14.6. The quantitative estimate of drug-likeness (QED) is 0.0968. The number of nitrogens with zero attached hydrogens (tertiary/aromatic N) is 4. The fourth-order valence-corrected chi connectivity index (χ4v) is 4.93. The largest absolute Gasteiger partial charge is 0.493 e. The van der Waals surface area contributed by atoms with E-state index in [2.05, 4.69) is 20.7 Å². The Hall–Kier alpha value is -4.31. The van der Waals surface area contributed by atoms with Crippen LogP contribution >= 0.6 is 35.0 Å². The van der Waals surface area contributed by atoms with Gasteiger partial charge in [-0.3, -0.25) is 9.36 Å². The molecule has 1 amide bonds. The van der Waals surface area contributed by atoms with E-state index in [1.165, 1.54) is 11.8 Å². The Labute approximate surface area is 257 Å². The first kappa shape index (κ1) is 29.2. The number of carbonyl (C=O) groups is 1. The molecule has 0 unspecified atom stereocenters. The van der Waals surface area contributed by atoms with Crippen LogP contribution in [0.3, 0.4) is 0 Å². The number of carbonyl (C=O) groups excluding carboxylic acids is 1. The Morgan fingerprint density at radius 2 is 1.64 bits per heavy atom. The maximum atomic E-state index is 12.7. The molecule has 0 aliphatic carbocycles. The summed E-state index contributed by atoms with van der Waals surface area (Å²) in [6, 6.07) is 29.9. The lowest BCUT2D eigenvalue weighted by atomic mass is 10.2. The second kappa shape index (κ2) is 14.0. The molecule has 4 aromatic carbocycles. The second-order valence-corrected chi connectivity index (χ2v) is 10.7. The summed E-state index contributed by atoms with van der Waals surface area (Å²) in [7, 11) is 1.59. The average molecular weight is 619 g/mol. The fourth-order valence-electron chi connectivity index (χ4n) is 3.94. The Bertz CT molecular complexity index is 1680. The summed E-state index contributed by atoms with van der Waals surface area (Å²) in [6.45, 7) is 0.395. The van der Waals surface area contributed by atoms with Gasteiger partial charge in [-0.25, -0.2) is 5.43 Å². The van der Waals surface area contributed by atoms with Gasteiger partial charge in [0.25, 0.3) is 5.91 Å². The van der Waals surface area contributed by atoms with Crippen molar-refractivity contribution < 1.29 is 14.3 Å². The maximum Gasteiger partial charge on any atom is 0.250 e. The van der Waals surface area contributed by atoms with Gasteiger partial charge in [0, 0.05) is 21.3 Å². The van der Waals surface area contributed by atoms with Crippen LogP contribution in [-0.4, -0.2) is 39.7 Å². The molecule has 0 atom stereocenters. The third kappa shape index (κ3) is 7.50. The van der Waals surface area contributed by atoms with Crippen LogP contribution in [0.4, 0.5) is 0 Å². The fraction of sp³-hybridized carbons (Fsp3) is 0.0968. The van der Waals surface area contributed by atoms with Crippen LogP contribution in [0.5, 0.6) is 11.5 Å². The van der Waals surface area contributed by atoms with Gasteiger partial charge in [0.1, 0.15) is 6.61 Å². The summed E-state index contributed by atoms with van der Waals surface area (Å²) in [4.78, 5) is 12.7. The van der Waals surface area contributed by atoms with Gasteiger partial charge in [0.05, 0.1) is 19.1 Å². The van der Waals surface area contributed by atoms with Gasteiger partial charge < -0.3 is 9.47 Å². The van der Waals surface area contributed by atoms with E-state index in [9.17, 15) is 4.79 Å². The molecule has 0 saturated carbocycles. The van der Waals surface area contributed by atoms with Crippen molar-refractivity contribution >= 4 is 47.1 Å². The van der Waals surface area contributed by atoms with E-state index >= 15 is 0 Å². The lowest BCUT2D eigenvalue weighted by molar-refractivity contribution is -0.118. The van der Waals surface area contributed by atoms with Crippen molar-refractivity contribution in [1.82, 2.24) is 20.2 Å². The van der Waals surface area contributed by atoms with E-state index in [-0.39, 0.29) is 11.7 Å². The molecule has 0 saturated heterocycles. The molecule has 11 heteroatoms. The SMILES string of the molecule is COc1ccc(/C=N\NC(=O)CSc2nnc(-c3ccc(Cl)cc3)n2-c2ccc(Cl)cc2)cc1OCc1ccccc1. The number of halogens is 2. The summed E-state index contributed by atoms with van der Waals surface area (Å²) in [6.07, 6.45) is 1.55. The lowest BCUT2D eigenvalue weighted by Gasteiger charge is -2.11. The third-order valence-corrected chi connectivity index (χ3v) is 7.41. The first-order valence-corrected chi connectivity index (χ1v) is 14.5. The zero-order chi connectivity index (χ0) is 29.3. The number of aromatic nitrogens is 3. The van der Waals surface area contributed by atoms with Gasteiger partial charge in [0.15, 0.2) is 22.5 Å². The monoisotopic (exact) mass is 617 g/mol. The first-order chi connectivity index (χ1) is 20.5. The number of benzene rings is 4. The molecule has 1 N–H and O–H groups in total. The van der Waals surface area contributed by atoms with Gasteiger partial charge in [-0.2, -0.15) is 5.10 Å². The third-order valence-electron chi connectivity index (χ3n) is 5.98. The van der Waals surface area contributed by atoms with E-state index in [0.717, 1.165) is 22.4 Å². The van der Waals surface area contributed by atoms with Crippen LogP contribution in [0.2, 0.25) is 10.0 Å². The summed E-state index contributed by atoms with van der Waals surface area (Å²) >= 11 is 13.4. The molecular formula is C31H25Cl2N5O3S. The molecule has 0 radical (unpaired) electrons. The van der Waals surface area contributed by atoms with Crippen LogP contribution in [-0.2, 0) is 11.4 Å². The van der Waals surface area contributed by atoms with E-state index in [1.54, 1.807) is 49.7 Å². The molecule has 212 valence electrons. The summed E-state index contributed by atoms with van der Waals surface area (Å²) in [5.74, 6) is 1.55. The number of hydrazone groups is 1. The number of rotatable bonds is 11. The minimum atomic E-state index is -0.302. The van der Waals surface area contributed by atoms with Gasteiger partial charge in [-0.05, 0) is 77.9 Å². The number of nitrogens with one attached hydrogen (secondary N) is 1. The Balaban J connectivity index is 1.24. The van der Waals surface area contributed by atoms with Gasteiger partial charge in [-0.15, -0.1) is 10.2 Å². The highest BCUT2D eigenvalue weighted by molar-refractivity contribution is 7.99. The molecule has 0 spiro atoms. The Morgan fingerprint density at radius 3 is 2.36 bits per heavy atom. The highest BCUT2D eigenvalue weighted by atomic mass is 35.5. The Kier molecular flexibility index (Phi) is 9.76. The van der Waals surface area contributed by atoms with Crippen LogP contribution in [0.15, 0.2) is 107 Å². The lowest BCUT2D eigenvalue weighted by Crippen LogP contribution is -2.20. The van der Waals surface area contributed by atoms with E-state index < -0.39 is 0 Å². The molecular weight excluding hydrogens is 593 g/mol. The van der Waals surface area contributed by atoms with Crippen molar-refractivity contribution in [3.8, 4) is 28.6 Å². The van der Waals surface area contributed by atoms with Crippen LogP contribution in [0, 0.1) is 0 Å². The van der Waals surface area contributed by atoms with Crippen molar-refractivity contribution in [1.29, 1.82) is 0 Å². The highest BCUT2D eigenvalue weighted by Gasteiger charge is 2.17. The molecule has 1 heterocycles. The zero-order valence-electron chi connectivity index (χ0n) is 22.4. The maximum absolute atomic E-state index is 12.7.